The fraction of sp³-hybridized carbons (Fsp3) is 0.933. The van der Waals surface area contributed by atoms with Gasteiger partial charge in [0.05, 0.1) is 5.92 Å². The second kappa shape index (κ2) is 7.21. The van der Waals surface area contributed by atoms with E-state index in [1.165, 1.54) is 0 Å². The van der Waals surface area contributed by atoms with Gasteiger partial charge in [-0.15, -0.1) is 11.6 Å². The minimum atomic E-state index is -4.20. The van der Waals surface area contributed by atoms with Gasteiger partial charge in [0.25, 0.3) is 0 Å². The summed E-state index contributed by atoms with van der Waals surface area (Å²) in [6.45, 7) is 5.97. The van der Waals surface area contributed by atoms with Gasteiger partial charge in [-0.1, -0.05) is 27.2 Å². The van der Waals surface area contributed by atoms with Crippen molar-refractivity contribution in [2.45, 2.75) is 65.1 Å². The van der Waals surface area contributed by atoms with Gasteiger partial charge >= 0.3 is 6.18 Å². The number of rotatable bonds is 4. The molecule has 0 radical (unpaired) electrons. The molecule has 0 aromatic carbocycles. The van der Waals surface area contributed by atoms with Crippen LogP contribution in [0, 0.1) is 17.3 Å². The maximum Gasteiger partial charge on any atom is 0.391 e. The number of halogens is 4. The predicted octanol–water partition coefficient (Wildman–Crippen LogP) is 4.51. The average Bonchev–Trinajstić information content (AvgIpc) is 2.36. The maximum atomic E-state index is 12.8. The number of carbonyl (C=O) groups excluding carboxylic acids is 1. The molecule has 0 aromatic heterocycles. The standard InChI is InChI=1S/C15H25ClF3NO/c1-14(2,3)12(7-8-16)20-13(21)10-5-4-6-11(9-10)15(17,18)19/h10-12H,4-9H2,1-3H3,(H,20,21). The first kappa shape index (κ1) is 18.6. The lowest BCUT2D eigenvalue weighted by molar-refractivity contribution is -0.186. The number of alkyl halides is 4. The molecule has 0 saturated heterocycles. The van der Waals surface area contributed by atoms with Gasteiger partial charge in [-0.2, -0.15) is 13.2 Å². The number of carbonyl (C=O) groups is 1. The molecule has 1 amide bonds. The highest BCUT2D eigenvalue weighted by atomic mass is 35.5. The molecule has 1 N–H and O–H groups in total. The van der Waals surface area contributed by atoms with Crippen molar-refractivity contribution in [1.82, 2.24) is 5.32 Å². The molecule has 1 aliphatic rings. The van der Waals surface area contributed by atoms with Gasteiger partial charge < -0.3 is 5.32 Å². The first-order valence-electron chi connectivity index (χ1n) is 7.48. The molecule has 0 spiro atoms. The van der Waals surface area contributed by atoms with E-state index in [9.17, 15) is 18.0 Å². The molecule has 1 aliphatic carbocycles. The third kappa shape index (κ3) is 5.68. The summed E-state index contributed by atoms with van der Waals surface area (Å²) in [4.78, 5) is 12.3. The zero-order valence-corrected chi connectivity index (χ0v) is 13.7. The Balaban J connectivity index is 2.65. The highest BCUT2D eigenvalue weighted by Gasteiger charge is 2.44. The molecule has 3 atom stereocenters. The fourth-order valence-corrected chi connectivity index (χ4v) is 3.06. The first-order valence-corrected chi connectivity index (χ1v) is 8.02. The predicted molar refractivity (Wildman–Crippen MR) is 78.2 cm³/mol. The molecule has 1 rings (SSSR count). The van der Waals surface area contributed by atoms with E-state index in [0.29, 0.717) is 25.1 Å². The summed E-state index contributed by atoms with van der Waals surface area (Å²) in [5.41, 5.74) is -0.164. The zero-order valence-electron chi connectivity index (χ0n) is 12.9. The Kier molecular flexibility index (Phi) is 6.38. The molecule has 3 unspecified atom stereocenters. The van der Waals surface area contributed by atoms with Crippen LogP contribution in [0.25, 0.3) is 0 Å². The van der Waals surface area contributed by atoms with E-state index in [1.807, 2.05) is 20.8 Å². The Labute approximate surface area is 129 Å². The Morgan fingerprint density at radius 2 is 1.90 bits per heavy atom. The van der Waals surface area contributed by atoms with Crippen LogP contribution in [0.4, 0.5) is 13.2 Å². The first-order chi connectivity index (χ1) is 9.55. The second-order valence-electron chi connectivity index (χ2n) is 7.01. The van der Waals surface area contributed by atoms with Crippen LogP contribution in [0.2, 0.25) is 0 Å². The molecule has 1 saturated carbocycles. The normalized spacial score (nSPS) is 25.5. The molecule has 1 fully saturated rings. The molecular weight excluding hydrogens is 303 g/mol. The highest BCUT2D eigenvalue weighted by Crippen LogP contribution is 2.40. The van der Waals surface area contributed by atoms with Crippen molar-refractivity contribution in [3.8, 4) is 0 Å². The fourth-order valence-electron chi connectivity index (χ4n) is 2.85. The van der Waals surface area contributed by atoms with Crippen LogP contribution in [-0.4, -0.2) is 24.0 Å². The largest absolute Gasteiger partial charge is 0.391 e. The lowest BCUT2D eigenvalue weighted by atomic mass is 9.79. The van der Waals surface area contributed by atoms with Gasteiger partial charge in [0, 0.05) is 17.8 Å². The number of hydrogen-bond donors (Lipinski definition) is 1. The van der Waals surface area contributed by atoms with Crippen molar-refractivity contribution in [2.24, 2.45) is 17.3 Å². The second-order valence-corrected chi connectivity index (χ2v) is 7.38. The van der Waals surface area contributed by atoms with Gasteiger partial charge in [0.2, 0.25) is 5.91 Å². The zero-order chi connectivity index (χ0) is 16.3. The highest BCUT2D eigenvalue weighted by molar-refractivity contribution is 6.17. The van der Waals surface area contributed by atoms with E-state index in [0.717, 1.165) is 0 Å². The Morgan fingerprint density at radius 3 is 2.38 bits per heavy atom. The molecule has 124 valence electrons. The summed E-state index contributed by atoms with van der Waals surface area (Å²) in [5, 5.41) is 2.91. The smallest absolute Gasteiger partial charge is 0.353 e. The lowest BCUT2D eigenvalue weighted by Crippen LogP contribution is -2.47. The van der Waals surface area contributed by atoms with Crippen LogP contribution in [0.3, 0.4) is 0 Å². The summed E-state index contributed by atoms with van der Waals surface area (Å²) in [6.07, 6.45) is -2.54. The van der Waals surface area contributed by atoms with Gasteiger partial charge in [-0.3, -0.25) is 4.79 Å². The van der Waals surface area contributed by atoms with Crippen LogP contribution in [0.15, 0.2) is 0 Å². The summed E-state index contributed by atoms with van der Waals surface area (Å²) < 4.78 is 38.4. The van der Waals surface area contributed by atoms with Crippen LogP contribution in [0.1, 0.15) is 52.9 Å². The number of nitrogens with one attached hydrogen (secondary N) is 1. The van der Waals surface area contributed by atoms with Gasteiger partial charge in [-0.25, -0.2) is 0 Å². The van der Waals surface area contributed by atoms with Gasteiger partial charge in [0.15, 0.2) is 0 Å². The summed E-state index contributed by atoms with van der Waals surface area (Å²) in [7, 11) is 0. The third-order valence-electron chi connectivity index (χ3n) is 4.27. The van der Waals surface area contributed by atoms with E-state index >= 15 is 0 Å². The van der Waals surface area contributed by atoms with E-state index in [1.54, 1.807) is 0 Å². The summed E-state index contributed by atoms with van der Waals surface area (Å²) >= 11 is 5.75. The van der Waals surface area contributed by atoms with Crippen molar-refractivity contribution < 1.29 is 18.0 Å². The SMILES string of the molecule is CC(C)(C)C(CCCl)NC(=O)C1CCCC(C(F)(F)F)C1. The maximum absolute atomic E-state index is 12.8. The minimum Gasteiger partial charge on any atom is -0.353 e. The van der Waals surface area contributed by atoms with Crippen LogP contribution in [0.5, 0.6) is 0 Å². The van der Waals surface area contributed by atoms with Crippen molar-refractivity contribution in [2.75, 3.05) is 5.88 Å². The molecule has 0 aromatic rings. The molecule has 2 nitrogen and oxygen atoms in total. The molecular formula is C15H25ClF3NO. The number of hydrogen-bond acceptors (Lipinski definition) is 1. The molecule has 0 bridgehead atoms. The third-order valence-corrected chi connectivity index (χ3v) is 4.49. The van der Waals surface area contributed by atoms with E-state index in [2.05, 4.69) is 5.32 Å². The summed E-state index contributed by atoms with van der Waals surface area (Å²) in [6, 6.07) is -0.117. The molecule has 6 heteroatoms. The summed E-state index contributed by atoms with van der Waals surface area (Å²) in [5.74, 6) is -1.72. The van der Waals surface area contributed by atoms with E-state index < -0.39 is 18.0 Å². The van der Waals surface area contributed by atoms with Crippen molar-refractivity contribution in [3.63, 3.8) is 0 Å². The Hall–Kier alpha value is -0.450. The van der Waals surface area contributed by atoms with Crippen LogP contribution in [-0.2, 0) is 4.79 Å². The average molecular weight is 328 g/mol. The Bertz CT molecular complexity index is 352. The van der Waals surface area contributed by atoms with Crippen molar-refractivity contribution in [3.05, 3.63) is 0 Å². The quantitative estimate of drug-likeness (QED) is 0.756. The van der Waals surface area contributed by atoms with E-state index in [4.69, 9.17) is 11.6 Å². The molecule has 0 heterocycles. The van der Waals surface area contributed by atoms with Crippen LogP contribution < -0.4 is 5.32 Å². The monoisotopic (exact) mass is 327 g/mol. The van der Waals surface area contributed by atoms with Gasteiger partial charge in [-0.05, 0) is 31.1 Å². The van der Waals surface area contributed by atoms with Gasteiger partial charge in [0.1, 0.15) is 0 Å². The molecule has 21 heavy (non-hydrogen) atoms. The van der Waals surface area contributed by atoms with Crippen molar-refractivity contribution in [1.29, 1.82) is 0 Å². The van der Waals surface area contributed by atoms with Crippen LogP contribution >= 0.6 is 11.6 Å². The minimum absolute atomic E-state index is 0.0902. The topological polar surface area (TPSA) is 29.1 Å². The van der Waals surface area contributed by atoms with Crippen molar-refractivity contribution >= 4 is 17.5 Å². The number of amides is 1. The lowest BCUT2D eigenvalue weighted by Gasteiger charge is -2.35. The Morgan fingerprint density at radius 1 is 1.29 bits per heavy atom. The van der Waals surface area contributed by atoms with E-state index in [-0.39, 0.29) is 30.2 Å². The molecule has 0 aliphatic heterocycles.